The number of hydrogen-bond acceptors (Lipinski definition) is 2. The maximum atomic E-state index is 3.29. The monoisotopic (exact) mass is 350 g/mol. The number of benzene rings is 1. The number of nitrogens with zero attached hydrogens (tertiary/aromatic N) is 1. The van der Waals surface area contributed by atoms with Crippen molar-refractivity contribution in [3.8, 4) is 10.4 Å². The van der Waals surface area contributed by atoms with E-state index in [4.69, 9.17) is 0 Å². The number of rotatable bonds is 3. The molecule has 0 bridgehead atoms. The van der Waals surface area contributed by atoms with Gasteiger partial charge < -0.3 is 4.98 Å². The summed E-state index contributed by atoms with van der Waals surface area (Å²) < 4.78 is 0. The zero-order valence-corrected chi connectivity index (χ0v) is 15.6. The topological polar surface area (TPSA) is 19.0 Å². The Kier molecular flexibility index (Phi) is 3.94. The molecule has 0 radical (unpaired) electrons. The van der Waals surface area contributed by atoms with Gasteiger partial charge in [-0.1, -0.05) is 25.3 Å². The first kappa shape index (κ1) is 15.7. The van der Waals surface area contributed by atoms with E-state index in [1.807, 2.05) is 17.5 Å². The molecule has 2 nitrogen and oxygen atoms in total. The Morgan fingerprint density at radius 3 is 2.56 bits per heavy atom. The van der Waals surface area contributed by atoms with Crippen molar-refractivity contribution in [1.29, 1.82) is 0 Å². The van der Waals surface area contributed by atoms with Crippen LogP contribution >= 0.6 is 11.3 Å². The number of hydrogen-bond donors (Lipinski definition) is 1. The Bertz CT molecular complexity index is 863. The third kappa shape index (κ3) is 2.65. The summed E-state index contributed by atoms with van der Waals surface area (Å²) in [6.45, 7) is 2.59. The zero-order valence-electron chi connectivity index (χ0n) is 14.8. The molecule has 130 valence electrons. The average Bonchev–Trinajstić information content (AvgIpc) is 3.43. The first-order chi connectivity index (χ1) is 12.4. The second-order valence-corrected chi connectivity index (χ2v) is 8.81. The molecule has 2 aromatic heterocycles. The lowest BCUT2D eigenvalue weighted by atomic mass is 9.79. The number of aromatic nitrogens is 1. The van der Waals surface area contributed by atoms with Crippen molar-refractivity contribution in [3.05, 3.63) is 47.5 Å². The number of H-pyrrole nitrogens is 1. The largest absolute Gasteiger partial charge is 0.361 e. The van der Waals surface area contributed by atoms with Crippen LogP contribution in [-0.4, -0.2) is 23.0 Å². The first-order valence-electron chi connectivity index (χ1n) is 9.78. The molecule has 2 aliphatic rings. The Labute approximate surface area is 153 Å². The van der Waals surface area contributed by atoms with Gasteiger partial charge in [-0.2, -0.15) is 0 Å². The molecule has 0 atom stereocenters. The highest BCUT2D eigenvalue weighted by atomic mass is 32.1. The normalized spacial score (nSPS) is 21.1. The second kappa shape index (κ2) is 6.30. The van der Waals surface area contributed by atoms with Gasteiger partial charge >= 0.3 is 0 Å². The zero-order chi connectivity index (χ0) is 16.7. The standard InChI is InChI=1S/C22H26N2S/c1-2-11-22(12-3-1,24-14-4-5-15-24)21-9-8-20(25-21)18-6-7-19-17(16-18)10-13-23-19/h6-10,13,16,23H,1-5,11-12,14-15H2. The summed E-state index contributed by atoms with van der Waals surface area (Å²) in [6, 6.07) is 13.8. The van der Waals surface area contributed by atoms with Crippen molar-refractivity contribution in [2.75, 3.05) is 13.1 Å². The molecule has 3 heteroatoms. The van der Waals surface area contributed by atoms with Crippen molar-refractivity contribution in [3.63, 3.8) is 0 Å². The lowest BCUT2D eigenvalue weighted by molar-refractivity contribution is 0.0741. The van der Waals surface area contributed by atoms with Crippen molar-refractivity contribution in [1.82, 2.24) is 9.88 Å². The van der Waals surface area contributed by atoms with Crippen LogP contribution in [0.4, 0.5) is 0 Å². The quantitative estimate of drug-likeness (QED) is 0.600. The Morgan fingerprint density at radius 2 is 1.72 bits per heavy atom. The van der Waals surface area contributed by atoms with Crippen LogP contribution in [0.3, 0.4) is 0 Å². The van der Waals surface area contributed by atoms with Gasteiger partial charge in [0, 0.05) is 21.5 Å². The summed E-state index contributed by atoms with van der Waals surface area (Å²) in [7, 11) is 0. The van der Waals surface area contributed by atoms with E-state index in [9.17, 15) is 0 Å². The lowest BCUT2D eigenvalue weighted by Crippen LogP contribution is -2.45. The third-order valence-electron chi connectivity index (χ3n) is 6.29. The molecule has 1 saturated carbocycles. The smallest absolute Gasteiger partial charge is 0.0553 e. The highest BCUT2D eigenvalue weighted by Crippen LogP contribution is 2.47. The summed E-state index contributed by atoms with van der Waals surface area (Å²) in [6.07, 6.45) is 11.7. The van der Waals surface area contributed by atoms with Gasteiger partial charge in [0.05, 0.1) is 5.54 Å². The van der Waals surface area contributed by atoms with E-state index in [0.29, 0.717) is 5.54 Å². The van der Waals surface area contributed by atoms with Crippen LogP contribution in [0.2, 0.25) is 0 Å². The van der Waals surface area contributed by atoms with Gasteiger partial charge in [-0.15, -0.1) is 11.3 Å². The van der Waals surface area contributed by atoms with E-state index in [1.54, 1.807) is 4.88 Å². The van der Waals surface area contributed by atoms with Gasteiger partial charge in [0.2, 0.25) is 0 Å². The molecule has 1 saturated heterocycles. The van der Waals surface area contributed by atoms with E-state index in [2.05, 4.69) is 46.3 Å². The number of thiophene rings is 1. The Hall–Kier alpha value is -1.58. The molecule has 0 unspecified atom stereocenters. The fourth-order valence-corrected chi connectivity index (χ4v) is 6.23. The fourth-order valence-electron chi connectivity index (χ4n) is 4.95. The van der Waals surface area contributed by atoms with Crippen LogP contribution < -0.4 is 0 Å². The van der Waals surface area contributed by atoms with Crippen molar-refractivity contribution < 1.29 is 0 Å². The summed E-state index contributed by atoms with van der Waals surface area (Å²) >= 11 is 2.04. The van der Waals surface area contributed by atoms with Gasteiger partial charge in [0.25, 0.3) is 0 Å². The van der Waals surface area contributed by atoms with Crippen molar-refractivity contribution >= 4 is 22.2 Å². The first-order valence-corrected chi connectivity index (χ1v) is 10.6. The molecule has 0 spiro atoms. The molecule has 1 N–H and O–H groups in total. The molecule has 1 aliphatic heterocycles. The van der Waals surface area contributed by atoms with E-state index in [0.717, 1.165) is 0 Å². The second-order valence-electron chi connectivity index (χ2n) is 7.73. The van der Waals surface area contributed by atoms with Crippen LogP contribution in [0.1, 0.15) is 49.8 Å². The van der Waals surface area contributed by atoms with Gasteiger partial charge in [-0.3, -0.25) is 4.90 Å². The summed E-state index contributed by atoms with van der Waals surface area (Å²) in [5, 5.41) is 1.30. The van der Waals surface area contributed by atoms with Crippen LogP contribution in [-0.2, 0) is 5.54 Å². The van der Waals surface area contributed by atoms with Crippen molar-refractivity contribution in [2.24, 2.45) is 0 Å². The molecular formula is C22H26N2S. The molecule has 3 heterocycles. The molecule has 0 amide bonds. The predicted molar refractivity (Wildman–Crippen MR) is 107 cm³/mol. The van der Waals surface area contributed by atoms with E-state index in [-0.39, 0.29) is 0 Å². The maximum Gasteiger partial charge on any atom is 0.0553 e. The van der Waals surface area contributed by atoms with Gasteiger partial charge in [-0.05, 0) is 80.1 Å². The summed E-state index contributed by atoms with van der Waals surface area (Å²) in [5.41, 5.74) is 2.91. The maximum absolute atomic E-state index is 3.29. The number of nitrogens with one attached hydrogen (secondary N) is 1. The summed E-state index contributed by atoms with van der Waals surface area (Å²) in [5.74, 6) is 0. The minimum absolute atomic E-state index is 0.329. The molecule has 1 aromatic carbocycles. The molecule has 1 aliphatic carbocycles. The van der Waals surface area contributed by atoms with Crippen LogP contribution in [0, 0.1) is 0 Å². The molecule has 25 heavy (non-hydrogen) atoms. The lowest BCUT2D eigenvalue weighted by Gasteiger charge is -2.44. The summed E-state index contributed by atoms with van der Waals surface area (Å²) in [4.78, 5) is 9.14. The fraction of sp³-hybridized carbons (Fsp3) is 0.455. The SMILES string of the molecule is c1cc2cc(-c3ccc(C4(N5CCCC5)CCCCC4)s3)ccc2[nH]1. The van der Waals surface area contributed by atoms with E-state index < -0.39 is 0 Å². The molecule has 5 rings (SSSR count). The number of fused-ring (bicyclic) bond motifs is 1. The minimum Gasteiger partial charge on any atom is -0.361 e. The minimum atomic E-state index is 0.329. The molecule has 2 fully saturated rings. The van der Waals surface area contributed by atoms with E-state index >= 15 is 0 Å². The molecular weight excluding hydrogens is 324 g/mol. The van der Waals surface area contributed by atoms with Gasteiger partial charge in [-0.25, -0.2) is 0 Å². The highest BCUT2D eigenvalue weighted by Gasteiger charge is 2.41. The predicted octanol–water partition coefficient (Wildman–Crippen LogP) is 6.15. The number of aromatic amines is 1. The Morgan fingerprint density at radius 1 is 0.880 bits per heavy atom. The van der Waals surface area contributed by atoms with Gasteiger partial charge in [0.15, 0.2) is 0 Å². The van der Waals surface area contributed by atoms with E-state index in [1.165, 1.54) is 79.4 Å². The van der Waals surface area contributed by atoms with Crippen LogP contribution in [0.5, 0.6) is 0 Å². The Balaban J connectivity index is 1.53. The van der Waals surface area contributed by atoms with Crippen LogP contribution in [0.15, 0.2) is 42.6 Å². The average molecular weight is 351 g/mol. The molecule has 3 aromatic rings. The number of likely N-dealkylation sites (tertiary alicyclic amines) is 1. The van der Waals surface area contributed by atoms with Crippen LogP contribution in [0.25, 0.3) is 21.3 Å². The highest BCUT2D eigenvalue weighted by molar-refractivity contribution is 7.15. The third-order valence-corrected chi connectivity index (χ3v) is 7.62. The van der Waals surface area contributed by atoms with Gasteiger partial charge in [0.1, 0.15) is 0 Å². The van der Waals surface area contributed by atoms with Crippen molar-refractivity contribution in [2.45, 2.75) is 50.5 Å².